The number of thiophene rings is 1. The predicted octanol–water partition coefficient (Wildman–Crippen LogP) is 5.32. The predicted molar refractivity (Wildman–Crippen MR) is 105 cm³/mol. The standard InChI is InChI=1S/C19H29NO6S/c1-11(2)9-12-10-27-14(13(12)15(21)22)20(16(23)25-18(3,4)5)17(24)26-19(6,7)8/h10-11H,9H2,1-8H3,(H,21,22). The van der Waals surface area contributed by atoms with Crippen LogP contribution in [-0.2, 0) is 15.9 Å². The largest absolute Gasteiger partial charge is 0.478 e. The molecular weight excluding hydrogens is 370 g/mol. The molecular formula is C19H29NO6S. The van der Waals surface area contributed by atoms with Crippen LogP contribution in [0.5, 0.6) is 0 Å². The molecule has 0 aliphatic rings. The number of hydrogen-bond acceptors (Lipinski definition) is 6. The Bertz CT molecular complexity index is 681. The Kier molecular flexibility index (Phi) is 7.05. The number of ether oxygens (including phenoxy) is 2. The molecule has 27 heavy (non-hydrogen) atoms. The fourth-order valence-electron chi connectivity index (χ4n) is 2.22. The monoisotopic (exact) mass is 399 g/mol. The summed E-state index contributed by atoms with van der Waals surface area (Å²) < 4.78 is 10.6. The van der Waals surface area contributed by atoms with Gasteiger partial charge in [-0.15, -0.1) is 11.3 Å². The van der Waals surface area contributed by atoms with Crippen LogP contribution >= 0.6 is 11.3 Å². The first-order chi connectivity index (χ1) is 12.1. The maximum atomic E-state index is 12.7. The highest BCUT2D eigenvalue weighted by atomic mass is 32.1. The number of hydrogen-bond donors (Lipinski definition) is 1. The molecule has 8 heteroatoms. The number of carbonyl (C=O) groups is 3. The number of rotatable bonds is 4. The van der Waals surface area contributed by atoms with Gasteiger partial charge in [-0.05, 0) is 64.8 Å². The van der Waals surface area contributed by atoms with E-state index in [1.54, 1.807) is 46.9 Å². The average molecular weight is 400 g/mol. The molecule has 0 radical (unpaired) electrons. The van der Waals surface area contributed by atoms with Crippen molar-refractivity contribution in [2.24, 2.45) is 5.92 Å². The zero-order valence-corrected chi connectivity index (χ0v) is 18.0. The summed E-state index contributed by atoms with van der Waals surface area (Å²) in [6, 6.07) is 0. The highest BCUT2D eigenvalue weighted by Crippen LogP contribution is 2.35. The molecule has 7 nitrogen and oxygen atoms in total. The molecule has 0 saturated carbocycles. The summed E-state index contributed by atoms with van der Waals surface area (Å²) in [5.41, 5.74) is -1.24. The van der Waals surface area contributed by atoms with Gasteiger partial charge < -0.3 is 14.6 Å². The molecule has 0 bridgehead atoms. The summed E-state index contributed by atoms with van der Waals surface area (Å²) in [6.45, 7) is 13.9. The van der Waals surface area contributed by atoms with Gasteiger partial charge in [0.15, 0.2) is 0 Å². The summed E-state index contributed by atoms with van der Waals surface area (Å²) in [7, 11) is 0. The minimum Gasteiger partial charge on any atom is -0.478 e. The molecule has 1 N–H and O–H groups in total. The molecule has 1 rings (SSSR count). The van der Waals surface area contributed by atoms with Crippen molar-refractivity contribution >= 4 is 34.5 Å². The van der Waals surface area contributed by atoms with Gasteiger partial charge in [0.25, 0.3) is 0 Å². The Hall–Kier alpha value is -2.09. The van der Waals surface area contributed by atoms with Gasteiger partial charge in [0.2, 0.25) is 0 Å². The van der Waals surface area contributed by atoms with E-state index >= 15 is 0 Å². The minimum atomic E-state index is -1.21. The van der Waals surface area contributed by atoms with E-state index < -0.39 is 29.4 Å². The lowest BCUT2D eigenvalue weighted by atomic mass is 10.0. The van der Waals surface area contributed by atoms with Crippen molar-refractivity contribution in [1.29, 1.82) is 0 Å². The zero-order valence-electron chi connectivity index (χ0n) is 17.2. The maximum absolute atomic E-state index is 12.7. The van der Waals surface area contributed by atoms with Crippen LogP contribution in [0.4, 0.5) is 14.6 Å². The number of aromatic carboxylic acids is 1. The van der Waals surface area contributed by atoms with Crippen LogP contribution < -0.4 is 4.90 Å². The third-order valence-electron chi connectivity index (χ3n) is 3.05. The molecule has 1 aromatic rings. The molecule has 0 atom stereocenters. The highest BCUT2D eigenvalue weighted by Gasteiger charge is 2.37. The Labute approximate surface area is 164 Å². The van der Waals surface area contributed by atoms with Crippen molar-refractivity contribution < 1.29 is 29.0 Å². The van der Waals surface area contributed by atoms with Crippen molar-refractivity contribution in [3.63, 3.8) is 0 Å². The molecule has 2 amide bonds. The van der Waals surface area contributed by atoms with E-state index in [2.05, 4.69) is 0 Å². The lowest BCUT2D eigenvalue weighted by molar-refractivity contribution is 0.0432. The molecule has 0 aliphatic carbocycles. The Morgan fingerprint density at radius 3 is 1.81 bits per heavy atom. The number of amides is 2. The topological polar surface area (TPSA) is 93.1 Å². The molecule has 0 fully saturated rings. The summed E-state index contributed by atoms with van der Waals surface area (Å²) >= 11 is 1.01. The molecule has 0 unspecified atom stereocenters. The summed E-state index contributed by atoms with van der Waals surface area (Å²) in [5.74, 6) is -0.999. The molecule has 0 spiro atoms. The zero-order chi connectivity index (χ0) is 21.2. The van der Waals surface area contributed by atoms with Crippen LogP contribution in [0, 0.1) is 5.92 Å². The van der Waals surface area contributed by atoms with Crippen molar-refractivity contribution in [2.45, 2.75) is 73.0 Å². The van der Waals surface area contributed by atoms with E-state index in [0.717, 1.165) is 11.3 Å². The van der Waals surface area contributed by atoms with E-state index in [1.165, 1.54) is 0 Å². The van der Waals surface area contributed by atoms with Gasteiger partial charge in [0, 0.05) is 0 Å². The second kappa shape index (κ2) is 8.29. The third kappa shape index (κ3) is 6.86. The summed E-state index contributed by atoms with van der Waals surface area (Å²) in [6.07, 6.45) is -1.44. The van der Waals surface area contributed by atoms with Crippen molar-refractivity contribution in [1.82, 2.24) is 0 Å². The molecule has 152 valence electrons. The van der Waals surface area contributed by atoms with E-state index in [-0.39, 0.29) is 16.5 Å². The Balaban J connectivity index is 3.46. The molecule has 0 aliphatic heterocycles. The SMILES string of the molecule is CC(C)Cc1csc(N(C(=O)OC(C)(C)C)C(=O)OC(C)(C)C)c1C(=O)O. The van der Waals surface area contributed by atoms with Crippen molar-refractivity contribution in [2.75, 3.05) is 4.90 Å². The highest BCUT2D eigenvalue weighted by molar-refractivity contribution is 7.15. The van der Waals surface area contributed by atoms with Crippen molar-refractivity contribution in [3.8, 4) is 0 Å². The first kappa shape index (κ1) is 23.0. The average Bonchev–Trinajstić information content (AvgIpc) is 2.76. The molecule has 1 aromatic heterocycles. The van der Waals surface area contributed by atoms with Crippen LogP contribution in [0.1, 0.15) is 71.3 Å². The van der Waals surface area contributed by atoms with E-state index in [0.29, 0.717) is 16.9 Å². The van der Waals surface area contributed by atoms with Crippen LogP contribution in [-0.4, -0.2) is 34.5 Å². The van der Waals surface area contributed by atoms with Crippen molar-refractivity contribution in [3.05, 3.63) is 16.5 Å². The number of nitrogens with zero attached hydrogens (tertiary/aromatic N) is 1. The van der Waals surface area contributed by atoms with Gasteiger partial charge in [-0.1, -0.05) is 13.8 Å². The van der Waals surface area contributed by atoms with E-state index in [9.17, 15) is 19.5 Å². The van der Waals surface area contributed by atoms with Gasteiger partial charge in [-0.25, -0.2) is 14.4 Å². The van der Waals surface area contributed by atoms with Crippen LogP contribution in [0.15, 0.2) is 5.38 Å². The lowest BCUT2D eigenvalue weighted by Crippen LogP contribution is -2.44. The van der Waals surface area contributed by atoms with E-state index in [4.69, 9.17) is 9.47 Å². The first-order valence-corrected chi connectivity index (χ1v) is 9.60. The molecule has 0 saturated heterocycles. The number of carboxylic acid groups (broad SMARTS) is 1. The second-order valence-electron chi connectivity index (χ2n) is 8.64. The van der Waals surface area contributed by atoms with Crippen LogP contribution in [0.25, 0.3) is 0 Å². The quantitative estimate of drug-likeness (QED) is 0.736. The van der Waals surface area contributed by atoms with Crippen LogP contribution in [0.2, 0.25) is 0 Å². The number of carbonyl (C=O) groups excluding carboxylic acids is 2. The van der Waals surface area contributed by atoms with Gasteiger partial charge in [0.1, 0.15) is 16.2 Å². The Morgan fingerprint density at radius 1 is 1.04 bits per heavy atom. The number of anilines is 1. The number of imide groups is 1. The van der Waals surface area contributed by atoms with E-state index in [1.807, 2.05) is 13.8 Å². The first-order valence-electron chi connectivity index (χ1n) is 8.72. The second-order valence-corrected chi connectivity index (χ2v) is 9.50. The lowest BCUT2D eigenvalue weighted by Gasteiger charge is -2.28. The fourth-order valence-corrected chi connectivity index (χ4v) is 3.28. The van der Waals surface area contributed by atoms with Gasteiger partial charge in [0.05, 0.1) is 5.56 Å². The van der Waals surface area contributed by atoms with Gasteiger partial charge in [-0.2, -0.15) is 4.90 Å². The Morgan fingerprint density at radius 2 is 1.48 bits per heavy atom. The maximum Gasteiger partial charge on any atom is 0.425 e. The molecule has 0 aromatic carbocycles. The smallest absolute Gasteiger partial charge is 0.425 e. The normalized spacial score (nSPS) is 12.0. The summed E-state index contributed by atoms with van der Waals surface area (Å²) in [4.78, 5) is 38.0. The minimum absolute atomic E-state index is 0.0124. The van der Waals surface area contributed by atoms with Crippen LogP contribution in [0.3, 0.4) is 0 Å². The third-order valence-corrected chi connectivity index (χ3v) is 4.06. The van der Waals surface area contributed by atoms with Gasteiger partial charge >= 0.3 is 18.2 Å². The summed E-state index contributed by atoms with van der Waals surface area (Å²) in [5, 5.41) is 11.3. The van der Waals surface area contributed by atoms with Gasteiger partial charge in [-0.3, -0.25) is 0 Å². The fraction of sp³-hybridized carbons (Fsp3) is 0.632. The molecule has 1 heterocycles. The number of carboxylic acids is 1.